The molecule has 19 heavy (non-hydrogen) atoms. The maximum absolute atomic E-state index is 12.4. The quantitative estimate of drug-likeness (QED) is 0.626. The molecule has 1 aliphatic rings. The van der Waals surface area contributed by atoms with Crippen molar-refractivity contribution >= 4 is 17.5 Å². The highest BCUT2D eigenvalue weighted by Gasteiger charge is 2.28. The molecule has 1 atom stereocenters. The lowest BCUT2D eigenvalue weighted by Crippen LogP contribution is -2.48. The monoisotopic (exact) mass is 279 g/mol. The molecule has 0 aliphatic carbocycles. The van der Waals surface area contributed by atoms with E-state index in [9.17, 15) is 4.79 Å². The van der Waals surface area contributed by atoms with Crippen LogP contribution in [0.4, 0.5) is 0 Å². The Morgan fingerprint density at radius 2 is 2.05 bits per heavy atom. The molecule has 104 valence electrons. The van der Waals surface area contributed by atoms with Crippen LogP contribution in [0.1, 0.15) is 24.2 Å². The van der Waals surface area contributed by atoms with Gasteiger partial charge >= 0.3 is 0 Å². The van der Waals surface area contributed by atoms with E-state index in [0.29, 0.717) is 19.2 Å². The number of hydrogen-bond donors (Lipinski definition) is 0. The normalized spacial score (nSPS) is 20.7. The van der Waals surface area contributed by atoms with E-state index >= 15 is 0 Å². The molecule has 1 aliphatic heterocycles. The molecule has 1 unspecified atom stereocenters. The molecule has 0 aromatic heterocycles. The number of nitrogens with zero attached hydrogens (tertiary/aromatic N) is 1. The summed E-state index contributed by atoms with van der Waals surface area (Å²) in [5.41, 5.74) is 0.744. The molecule has 1 heterocycles. The summed E-state index contributed by atoms with van der Waals surface area (Å²) in [5, 5.41) is 0. The number of Topliss-reactive ketones (excluding diaryl/α,β-unsaturated/α-hetero) is 1. The van der Waals surface area contributed by atoms with E-state index in [1.54, 1.807) is 11.8 Å². The molecule has 0 spiro atoms. The van der Waals surface area contributed by atoms with E-state index < -0.39 is 0 Å². The van der Waals surface area contributed by atoms with Gasteiger partial charge in [0.05, 0.1) is 6.61 Å². The second-order valence-corrected chi connectivity index (χ2v) is 5.92. The fourth-order valence-electron chi connectivity index (χ4n) is 2.24. The largest absolute Gasteiger partial charge is 0.367 e. The van der Waals surface area contributed by atoms with Crippen molar-refractivity contribution < 1.29 is 9.53 Å². The Morgan fingerprint density at radius 3 is 2.63 bits per heavy atom. The van der Waals surface area contributed by atoms with Gasteiger partial charge in [-0.15, -0.1) is 11.8 Å². The third kappa shape index (κ3) is 3.59. The Morgan fingerprint density at radius 1 is 1.37 bits per heavy atom. The van der Waals surface area contributed by atoms with Crippen molar-refractivity contribution in [1.29, 1.82) is 0 Å². The molecule has 0 bridgehead atoms. The lowest BCUT2D eigenvalue weighted by Gasteiger charge is -2.34. The first kappa shape index (κ1) is 14.6. The van der Waals surface area contributed by atoms with Gasteiger partial charge in [0.1, 0.15) is 6.10 Å². The average Bonchev–Trinajstić information content (AvgIpc) is 2.46. The molecule has 1 fully saturated rings. The Labute approximate surface area is 119 Å². The number of thioether (sulfide) groups is 1. The molecule has 1 saturated heterocycles. The average molecular weight is 279 g/mol. The summed E-state index contributed by atoms with van der Waals surface area (Å²) in [6.45, 7) is 6.55. The third-order valence-corrected chi connectivity index (χ3v) is 4.24. The van der Waals surface area contributed by atoms with E-state index in [-0.39, 0.29) is 11.9 Å². The molecule has 1 aromatic carbocycles. The van der Waals surface area contributed by atoms with Crippen LogP contribution in [0.15, 0.2) is 29.2 Å². The van der Waals surface area contributed by atoms with Crippen LogP contribution in [-0.4, -0.2) is 48.8 Å². The minimum absolute atomic E-state index is 0.0954. The summed E-state index contributed by atoms with van der Waals surface area (Å²) in [4.78, 5) is 15.9. The molecule has 4 heteroatoms. The van der Waals surface area contributed by atoms with Gasteiger partial charge in [0.15, 0.2) is 5.78 Å². The van der Waals surface area contributed by atoms with Gasteiger partial charge in [-0.05, 0) is 32.2 Å². The Hall–Kier alpha value is -0.840. The first-order valence-electron chi connectivity index (χ1n) is 6.65. The molecule has 0 N–H and O–H groups in total. The fourth-order valence-corrected chi connectivity index (χ4v) is 2.65. The molecule has 1 aromatic rings. The summed E-state index contributed by atoms with van der Waals surface area (Å²) < 4.78 is 5.63. The summed E-state index contributed by atoms with van der Waals surface area (Å²) in [7, 11) is 0. The minimum atomic E-state index is -0.323. The summed E-state index contributed by atoms with van der Waals surface area (Å²) in [6, 6.07) is 8.22. The van der Waals surface area contributed by atoms with Crippen LogP contribution in [0.25, 0.3) is 0 Å². The number of benzene rings is 1. The van der Waals surface area contributed by atoms with E-state index in [4.69, 9.17) is 4.74 Å². The molecule has 2 rings (SSSR count). The number of carbonyl (C=O) groups excluding carboxylic acids is 1. The summed E-state index contributed by atoms with van der Waals surface area (Å²) in [5.74, 6) is 0.0954. The number of carbonyl (C=O) groups is 1. The van der Waals surface area contributed by atoms with Crippen molar-refractivity contribution in [3.63, 3.8) is 0 Å². The van der Waals surface area contributed by atoms with Gasteiger partial charge in [-0.3, -0.25) is 9.69 Å². The maximum atomic E-state index is 12.4. The van der Waals surface area contributed by atoms with Crippen molar-refractivity contribution in [1.82, 2.24) is 4.90 Å². The second-order valence-electron chi connectivity index (χ2n) is 5.04. The second kappa shape index (κ2) is 6.55. The van der Waals surface area contributed by atoms with E-state index in [2.05, 4.69) is 18.7 Å². The number of ether oxygens (including phenoxy) is 1. The highest BCUT2D eigenvalue weighted by Crippen LogP contribution is 2.18. The van der Waals surface area contributed by atoms with Gasteiger partial charge in [-0.25, -0.2) is 0 Å². The predicted molar refractivity (Wildman–Crippen MR) is 79.0 cm³/mol. The van der Waals surface area contributed by atoms with E-state index in [0.717, 1.165) is 12.1 Å². The number of morpholine rings is 1. The lowest BCUT2D eigenvalue weighted by atomic mass is 10.0. The van der Waals surface area contributed by atoms with Gasteiger partial charge in [0.2, 0.25) is 0 Å². The highest BCUT2D eigenvalue weighted by molar-refractivity contribution is 7.98. The predicted octanol–water partition coefficient (Wildman–Crippen LogP) is 2.70. The van der Waals surface area contributed by atoms with Crippen LogP contribution in [0.3, 0.4) is 0 Å². The van der Waals surface area contributed by atoms with E-state index in [1.807, 2.05) is 30.5 Å². The molecule has 0 saturated carbocycles. The lowest BCUT2D eigenvalue weighted by molar-refractivity contribution is -0.0256. The van der Waals surface area contributed by atoms with Gasteiger partial charge < -0.3 is 4.74 Å². The zero-order chi connectivity index (χ0) is 13.8. The van der Waals surface area contributed by atoms with Crippen molar-refractivity contribution in [3.8, 4) is 0 Å². The van der Waals surface area contributed by atoms with Crippen molar-refractivity contribution in [2.75, 3.05) is 26.0 Å². The summed E-state index contributed by atoms with van der Waals surface area (Å²) in [6.07, 6.45) is 1.71. The smallest absolute Gasteiger partial charge is 0.192 e. The van der Waals surface area contributed by atoms with Crippen LogP contribution >= 0.6 is 11.8 Å². The first-order valence-corrected chi connectivity index (χ1v) is 7.88. The van der Waals surface area contributed by atoms with E-state index in [1.165, 1.54) is 4.90 Å². The zero-order valence-corrected chi connectivity index (χ0v) is 12.6. The molecule has 3 nitrogen and oxygen atoms in total. The Bertz CT molecular complexity index is 430. The fraction of sp³-hybridized carbons (Fsp3) is 0.533. The highest BCUT2D eigenvalue weighted by atomic mass is 32.2. The van der Waals surface area contributed by atoms with Crippen LogP contribution in [0.2, 0.25) is 0 Å². The first-order chi connectivity index (χ1) is 9.11. The number of hydrogen-bond acceptors (Lipinski definition) is 4. The van der Waals surface area contributed by atoms with Gasteiger partial charge in [0, 0.05) is 29.6 Å². The standard InChI is InChI=1S/C15H21NO2S/c1-11(2)16-8-9-18-14(10-16)15(17)12-4-6-13(19-3)7-5-12/h4-7,11,14H,8-10H2,1-3H3. The topological polar surface area (TPSA) is 29.5 Å². The van der Waals surface area contributed by atoms with Crippen LogP contribution in [0, 0.1) is 0 Å². The third-order valence-electron chi connectivity index (χ3n) is 3.50. The van der Waals surface area contributed by atoms with Gasteiger partial charge in [0.25, 0.3) is 0 Å². The van der Waals surface area contributed by atoms with Crippen molar-refractivity contribution in [2.45, 2.75) is 30.9 Å². The summed E-state index contributed by atoms with van der Waals surface area (Å²) >= 11 is 1.68. The molecule has 0 amide bonds. The molecular weight excluding hydrogens is 258 g/mol. The minimum Gasteiger partial charge on any atom is -0.367 e. The van der Waals surface area contributed by atoms with Crippen molar-refractivity contribution in [2.24, 2.45) is 0 Å². The zero-order valence-electron chi connectivity index (χ0n) is 11.8. The van der Waals surface area contributed by atoms with Gasteiger partial charge in [-0.1, -0.05) is 12.1 Å². The maximum Gasteiger partial charge on any atom is 0.192 e. The van der Waals surface area contributed by atoms with Crippen LogP contribution < -0.4 is 0 Å². The van der Waals surface area contributed by atoms with Gasteiger partial charge in [-0.2, -0.15) is 0 Å². The SMILES string of the molecule is CSc1ccc(C(=O)C2CN(C(C)C)CCO2)cc1. The molecule has 0 radical (unpaired) electrons. The van der Waals surface area contributed by atoms with Crippen LogP contribution in [0.5, 0.6) is 0 Å². The number of ketones is 1. The molecular formula is C15H21NO2S. The van der Waals surface area contributed by atoms with Crippen molar-refractivity contribution in [3.05, 3.63) is 29.8 Å². The Balaban J connectivity index is 2.05. The number of rotatable bonds is 4. The van der Waals surface area contributed by atoms with Crippen LogP contribution in [-0.2, 0) is 4.74 Å². The Kier molecular flexibility index (Phi) is 5.02.